The molecule has 0 saturated heterocycles. The molecule has 1 rings (SSSR count). The fourth-order valence-corrected chi connectivity index (χ4v) is 1.38. The first-order valence-electron chi connectivity index (χ1n) is 5.34. The van der Waals surface area contributed by atoms with Crippen molar-refractivity contribution in [2.45, 2.75) is 12.8 Å². The fraction of sp³-hybridized carbons (Fsp3) is 0.417. The Hall–Kier alpha value is -1.91. The maximum atomic E-state index is 10.3. The van der Waals surface area contributed by atoms with Gasteiger partial charge in [0.2, 0.25) is 0 Å². The molecule has 17 heavy (non-hydrogen) atoms. The second-order valence-corrected chi connectivity index (χ2v) is 3.53. The molecule has 1 aromatic rings. The second kappa shape index (κ2) is 6.62. The predicted octanol–water partition coefficient (Wildman–Crippen LogP) is 1.98. The Morgan fingerprint density at radius 3 is 2.29 bits per heavy atom. The summed E-state index contributed by atoms with van der Waals surface area (Å²) in [7, 11) is 3.17. The highest BCUT2D eigenvalue weighted by atomic mass is 16.5. The molecule has 0 atom stereocenters. The van der Waals surface area contributed by atoms with Crippen molar-refractivity contribution >= 4 is 11.7 Å². The van der Waals surface area contributed by atoms with Crippen LogP contribution in [0, 0.1) is 0 Å². The number of benzene rings is 1. The lowest BCUT2D eigenvalue weighted by Gasteiger charge is -2.10. The maximum absolute atomic E-state index is 10.3. The van der Waals surface area contributed by atoms with Gasteiger partial charge in [0.15, 0.2) is 0 Å². The van der Waals surface area contributed by atoms with Crippen molar-refractivity contribution in [2.24, 2.45) is 0 Å². The largest absolute Gasteiger partial charge is 0.497 e. The third-order valence-corrected chi connectivity index (χ3v) is 2.25. The van der Waals surface area contributed by atoms with E-state index >= 15 is 0 Å². The van der Waals surface area contributed by atoms with E-state index < -0.39 is 5.97 Å². The van der Waals surface area contributed by atoms with Crippen molar-refractivity contribution in [2.75, 3.05) is 26.1 Å². The fourth-order valence-electron chi connectivity index (χ4n) is 1.38. The monoisotopic (exact) mass is 239 g/mol. The number of hydrogen-bond donors (Lipinski definition) is 2. The van der Waals surface area contributed by atoms with Crippen molar-refractivity contribution < 1.29 is 19.4 Å². The summed E-state index contributed by atoms with van der Waals surface area (Å²) in [5, 5.41) is 11.6. The molecule has 0 amide bonds. The zero-order valence-electron chi connectivity index (χ0n) is 10.0. The van der Waals surface area contributed by atoms with E-state index in [1.807, 2.05) is 12.1 Å². The summed E-state index contributed by atoms with van der Waals surface area (Å²) in [4.78, 5) is 10.3. The van der Waals surface area contributed by atoms with Gasteiger partial charge in [-0.05, 0) is 6.42 Å². The van der Waals surface area contributed by atoms with Crippen LogP contribution < -0.4 is 14.8 Å². The highest BCUT2D eigenvalue weighted by molar-refractivity contribution is 5.66. The molecule has 94 valence electrons. The molecular weight excluding hydrogens is 222 g/mol. The number of ether oxygens (including phenoxy) is 2. The van der Waals surface area contributed by atoms with Gasteiger partial charge in [-0.1, -0.05) is 0 Å². The summed E-state index contributed by atoms with van der Waals surface area (Å²) in [5.41, 5.74) is 0.853. The van der Waals surface area contributed by atoms with E-state index in [-0.39, 0.29) is 6.42 Å². The van der Waals surface area contributed by atoms with E-state index in [9.17, 15) is 4.79 Å². The Balaban J connectivity index is 2.54. The molecule has 0 spiro atoms. The molecule has 2 N–H and O–H groups in total. The van der Waals surface area contributed by atoms with E-state index in [0.29, 0.717) is 24.5 Å². The van der Waals surface area contributed by atoms with Gasteiger partial charge in [-0.25, -0.2) is 0 Å². The molecule has 0 aliphatic rings. The first-order valence-corrected chi connectivity index (χ1v) is 5.34. The average Bonchev–Trinajstić information content (AvgIpc) is 2.34. The van der Waals surface area contributed by atoms with Gasteiger partial charge in [0.25, 0.3) is 0 Å². The minimum absolute atomic E-state index is 0.161. The van der Waals surface area contributed by atoms with Crippen LogP contribution >= 0.6 is 0 Å². The van der Waals surface area contributed by atoms with E-state index in [1.165, 1.54) is 0 Å². The molecular formula is C12H17NO4. The van der Waals surface area contributed by atoms with Crippen LogP contribution in [0.4, 0.5) is 5.69 Å². The van der Waals surface area contributed by atoms with Crippen molar-refractivity contribution in [1.82, 2.24) is 0 Å². The van der Waals surface area contributed by atoms with Gasteiger partial charge in [0, 0.05) is 36.9 Å². The Morgan fingerprint density at radius 2 is 1.82 bits per heavy atom. The van der Waals surface area contributed by atoms with E-state index in [4.69, 9.17) is 14.6 Å². The molecule has 0 aromatic heterocycles. The highest BCUT2D eigenvalue weighted by Gasteiger charge is 2.02. The zero-order valence-corrected chi connectivity index (χ0v) is 10.0. The van der Waals surface area contributed by atoms with Crippen LogP contribution in [0.1, 0.15) is 12.8 Å². The maximum Gasteiger partial charge on any atom is 0.303 e. The van der Waals surface area contributed by atoms with E-state index in [1.54, 1.807) is 20.3 Å². The Bertz CT molecular complexity index is 357. The summed E-state index contributed by atoms with van der Waals surface area (Å²) in [6.45, 7) is 0.600. The van der Waals surface area contributed by atoms with Gasteiger partial charge >= 0.3 is 5.97 Å². The SMILES string of the molecule is COc1cc(NCCCC(=O)O)cc(OC)c1. The van der Waals surface area contributed by atoms with Gasteiger partial charge < -0.3 is 19.9 Å². The third-order valence-electron chi connectivity index (χ3n) is 2.25. The van der Waals surface area contributed by atoms with Gasteiger partial charge in [0.1, 0.15) is 11.5 Å². The molecule has 0 unspecified atom stereocenters. The number of hydrogen-bond acceptors (Lipinski definition) is 4. The summed E-state index contributed by atoms with van der Waals surface area (Å²) in [6.07, 6.45) is 0.739. The van der Waals surface area contributed by atoms with Crippen molar-refractivity contribution in [1.29, 1.82) is 0 Å². The second-order valence-electron chi connectivity index (χ2n) is 3.53. The number of aliphatic carboxylic acids is 1. The first-order chi connectivity index (χ1) is 8.15. The molecule has 0 heterocycles. The Labute approximate surface area is 100 Å². The molecule has 0 radical (unpaired) electrons. The first kappa shape index (κ1) is 13.2. The minimum Gasteiger partial charge on any atom is -0.497 e. The van der Waals surface area contributed by atoms with Crippen LogP contribution in [0.3, 0.4) is 0 Å². The zero-order chi connectivity index (χ0) is 12.7. The third kappa shape index (κ3) is 4.63. The lowest BCUT2D eigenvalue weighted by atomic mass is 10.2. The van der Waals surface area contributed by atoms with Crippen LogP contribution in [0.5, 0.6) is 11.5 Å². The molecule has 0 fully saturated rings. The van der Waals surface area contributed by atoms with Crippen LogP contribution in [-0.2, 0) is 4.79 Å². The normalized spacial score (nSPS) is 9.76. The van der Waals surface area contributed by atoms with Crippen molar-refractivity contribution in [3.05, 3.63) is 18.2 Å². The van der Waals surface area contributed by atoms with E-state index in [0.717, 1.165) is 5.69 Å². The number of carbonyl (C=O) groups is 1. The smallest absolute Gasteiger partial charge is 0.303 e. The Kier molecular flexibility index (Phi) is 5.13. The predicted molar refractivity (Wildman–Crippen MR) is 64.9 cm³/mol. The lowest BCUT2D eigenvalue weighted by molar-refractivity contribution is -0.137. The topological polar surface area (TPSA) is 67.8 Å². The average molecular weight is 239 g/mol. The van der Waals surface area contributed by atoms with Crippen molar-refractivity contribution in [3.8, 4) is 11.5 Å². The number of carboxylic acids is 1. The molecule has 0 saturated carbocycles. The molecule has 0 aliphatic heterocycles. The molecule has 1 aromatic carbocycles. The number of carboxylic acid groups (broad SMARTS) is 1. The number of methoxy groups -OCH3 is 2. The molecule has 5 heteroatoms. The highest BCUT2D eigenvalue weighted by Crippen LogP contribution is 2.25. The summed E-state index contributed by atoms with van der Waals surface area (Å²) >= 11 is 0. The lowest BCUT2D eigenvalue weighted by Crippen LogP contribution is -2.05. The quantitative estimate of drug-likeness (QED) is 0.712. The van der Waals surface area contributed by atoms with Crippen LogP contribution in [0.15, 0.2) is 18.2 Å². The standard InChI is InChI=1S/C12H17NO4/c1-16-10-6-9(7-11(8-10)17-2)13-5-3-4-12(14)15/h6-8,13H,3-5H2,1-2H3,(H,14,15). The minimum atomic E-state index is -0.782. The van der Waals surface area contributed by atoms with Crippen LogP contribution in [-0.4, -0.2) is 31.8 Å². The van der Waals surface area contributed by atoms with Gasteiger partial charge in [-0.2, -0.15) is 0 Å². The molecule has 0 bridgehead atoms. The molecule has 5 nitrogen and oxygen atoms in total. The van der Waals surface area contributed by atoms with Gasteiger partial charge in [-0.15, -0.1) is 0 Å². The number of nitrogens with one attached hydrogen (secondary N) is 1. The summed E-state index contributed by atoms with van der Waals surface area (Å²) < 4.78 is 10.3. The summed E-state index contributed by atoms with van der Waals surface area (Å²) in [5.74, 6) is 0.616. The van der Waals surface area contributed by atoms with Crippen LogP contribution in [0.25, 0.3) is 0 Å². The van der Waals surface area contributed by atoms with Crippen LogP contribution in [0.2, 0.25) is 0 Å². The van der Waals surface area contributed by atoms with Gasteiger partial charge in [0.05, 0.1) is 14.2 Å². The Morgan fingerprint density at radius 1 is 1.24 bits per heavy atom. The van der Waals surface area contributed by atoms with E-state index in [2.05, 4.69) is 5.32 Å². The molecule has 0 aliphatic carbocycles. The number of anilines is 1. The summed E-state index contributed by atoms with van der Waals surface area (Å²) in [6, 6.07) is 5.45. The van der Waals surface area contributed by atoms with Crippen molar-refractivity contribution in [3.63, 3.8) is 0 Å². The van der Waals surface area contributed by atoms with Gasteiger partial charge in [-0.3, -0.25) is 4.79 Å². The number of rotatable bonds is 7.